The van der Waals surface area contributed by atoms with Crippen molar-refractivity contribution in [2.24, 2.45) is 11.8 Å². The van der Waals surface area contributed by atoms with Crippen LogP contribution in [0.2, 0.25) is 5.02 Å². The molecule has 1 aromatic carbocycles. The molecule has 4 nitrogen and oxygen atoms in total. The monoisotopic (exact) mass is 263 g/mol. The molecule has 2 aliphatic rings. The fourth-order valence-corrected chi connectivity index (χ4v) is 3.20. The minimum absolute atomic E-state index is 0.699. The van der Waals surface area contributed by atoms with Crippen LogP contribution in [0.3, 0.4) is 0 Å². The van der Waals surface area contributed by atoms with Gasteiger partial charge in [-0.3, -0.25) is 0 Å². The van der Waals surface area contributed by atoms with Gasteiger partial charge in [0.15, 0.2) is 5.58 Å². The van der Waals surface area contributed by atoms with Crippen molar-refractivity contribution in [1.29, 1.82) is 0 Å². The molecular formula is C13H14ClN3O. The van der Waals surface area contributed by atoms with Crippen LogP contribution in [0.15, 0.2) is 22.6 Å². The maximum atomic E-state index is 5.96. The van der Waals surface area contributed by atoms with Crippen LogP contribution in [0.1, 0.15) is 0 Å². The summed E-state index contributed by atoms with van der Waals surface area (Å²) < 4.78 is 5.81. The highest BCUT2D eigenvalue weighted by molar-refractivity contribution is 6.31. The molecule has 4 rings (SSSR count). The van der Waals surface area contributed by atoms with Gasteiger partial charge in [0, 0.05) is 31.2 Å². The van der Waals surface area contributed by atoms with E-state index in [9.17, 15) is 0 Å². The third kappa shape index (κ3) is 1.60. The molecule has 2 unspecified atom stereocenters. The lowest BCUT2D eigenvalue weighted by atomic mass is 10.0. The van der Waals surface area contributed by atoms with Crippen LogP contribution in [0.4, 0.5) is 6.01 Å². The molecule has 0 amide bonds. The van der Waals surface area contributed by atoms with Crippen molar-refractivity contribution in [2.75, 3.05) is 31.1 Å². The van der Waals surface area contributed by atoms with Crippen LogP contribution in [0, 0.1) is 11.8 Å². The standard InChI is InChI=1S/C13H14ClN3O/c14-10-1-2-12-11(3-10)16-13(18-12)17-6-8-4-15-5-9(8)7-17/h1-3,8-9,15H,4-7H2. The first kappa shape index (κ1) is 10.6. The Bertz CT molecular complexity index is 585. The first-order valence-electron chi connectivity index (χ1n) is 6.31. The summed E-state index contributed by atoms with van der Waals surface area (Å²) in [5.41, 5.74) is 1.65. The van der Waals surface area contributed by atoms with Crippen LogP contribution >= 0.6 is 11.6 Å². The second-order valence-corrected chi connectivity index (χ2v) is 5.63. The number of fused-ring (bicyclic) bond motifs is 2. The Morgan fingerprint density at radius 1 is 1.28 bits per heavy atom. The lowest BCUT2D eigenvalue weighted by Gasteiger charge is -2.13. The number of rotatable bonds is 1. The Hall–Kier alpha value is -1.26. The molecule has 1 aromatic heterocycles. The highest BCUT2D eigenvalue weighted by atomic mass is 35.5. The van der Waals surface area contributed by atoms with Gasteiger partial charge in [-0.1, -0.05) is 11.6 Å². The maximum absolute atomic E-state index is 5.96. The minimum atomic E-state index is 0.699. The smallest absolute Gasteiger partial charge is 0.298 e. The molecule has 3 heterocycles. The topological polar surface area (TPSA) is 41.3 Å². The summed E-state index contributed by atoms with van der Waals surface area (Å²) in [6.45, 7) is 4.32. The van der Waals surface area contributed by atoms with Crippen molar-refractivity contribution in [1.82, 2.24) is 10.3 Å². The van der Waals surface area contributed by atoms with Gasteiger partial charge in [-0.15, -0.1) is 0 Å². The summed E-state index contributed by atoms with van der Waals surface area (Å²) in [7, 11) is 0. The number of anilines is 1. The molecule has 1 N–H and O–H groups in total. The van der Waals surface area contributed by atoms with Gasteiger partial charge in [-0.05, 0) is 30.0 Å². The zero-order valence-corrected chi connectivity index (χ0v) is 10.7. The minimum Gasteiger partial charge on any atom is -0.423 e. The number of aromatic nitrogens is 1. The summed E-state index contributed by atoms with van der Waals surface area (Å²) in [6, 6.07) is 6.30. The third-order valence-electron chi connectivity index (χ3n) is 4.00. The molecule has 2 aliphatic heterocycles. The zero-order valence-electron chi connectivity index (χ0n) is 9.90. The van der Waals surface area contributed by atoms with Gasteiger partial charge in [0.25, 0.3) is 6.01 Å². The SMILES string of the molecule is Clc1ccc2oc(N3CC4CNCC4C3)nc2c1. The normalized spacial score (nSPS) is 27.1. The Labute approximate surface area is 110 Å². The number of halogens is 1. The van der Waals surface area contributed by atoms with Crippen molar-refractivity contribution in [3.63, 3.8) is 0 Å². The van der Waals surface area contributed by atoms with Crippen molar-refractivity contribution in [2.45, 2.75) is 0 Å². The molecule has 2 saturated heterocycles. The van der Waals surface area contributed by atoms with Crippen LogP contribution in [-0.2, 0) is 0 Å². The zero-order chi connectivity index (χ0) is 12.1. The summed E-state index contributed by atoms with van der Waals surface area (Å²) in [5, 5.41) is 4.13. The molecule has 94 valence electrons. The van der Waals surface area contributed by atoms with E-state index in [-0.39, 0.29) is 0 Å². The third-order valence-corrected chi connectivity index (χ3v) is 4.23. The van der Waals surface area contributed by atoms with Crippen molar-refractivity contribution in [3.8, 4) is 0 Å². The lowest BCUT2D eigenvalue weighted by molar-refractivity contribution is 0.533. The Morgan fingerprint density at radius 2 is 2.06 bits per heavy atom. The number of hydrogen-bond donors (Lipinski definition) is 1. The average Bonchev–Trinajstić information content (AvgIpc) is 2.99. The molecule has 2 atom stereocenters. The molecule has 0 spiro atoms. The van der Waals surface area contributed by atoms with Crippen molar-refractivity contribution < 1.29 is 4.42 Å². The molecule has 0 radical (unpaired) electrons. The molecule has 0 bridgehead atoms. The number of hydrogen-bond acceptors (Lipinski definition) is 4. The van der Waals surface area contributed by atoms with Gasteiger partial charge >= 0.3 is 0 Å². The van der Waals surface area contributed by atoms with E-state index in [1.54, 1.807) is 0 Å². The molecule has 18 heavy (non-hydrogen) atoms. The molecule has 2 fully saturated rings. The highest BCUT2D eigenvalue weighted by Crippen LogP contribution is 2.32. The van der Waals surface area contributed by atoms with E-state index < -0.39 is 0 Å². The fraction of sp³-hybridized carbons (Fsp3) is 0.462. The van der Waals surface area contributed by atoms with Crippen LogP contribution < -0.4 is 10.2 Å². The highest BCUT2D eigenvalue weighted by Gasteiger charge is 2.37. The van der Waals surface area contributed by atoms with Crippen LogP contribution in [0.25, 0.3) is 11.1 Å². The molecule has 0 saturated carbocycles. The molecular weight excluding hydrogens is 250 g/mol. The molecule has 2 aromatic rings. The Balaban J connectivity index is 1.67. The van der Waals surface area contributed by atoms with Gasteiger partial charge in [-0.25, -0.2) is 0 Å². The quantitative estimate of drug-likeness (QED) is 0.856. The van der Waals surface area contributed by atoms with E-state index in [4.69, 9.17) is 16.0 Å². The lowest BCUT2D eigenvalue weighted by Crippen LogP contribution is -2.25. The van der Waals surface area contributed by atoms with E-state index in [0.717, 1.165) is 55.1 Å². The van der Waals surface area contributed by atoms with Gasteiger partial charge in [0.1, 0.15) is 5.52 Å². The Morgan fingerprint density at radius 3 is 2.83 bits per heavy atom. The van der Waals surface area contributed by atoms with E-state index in [2.05, 4.69) is 15.2 Å². The summed E-state index contributed by atoms with van der Waals surface area (Å²) in [5.74, 6) is 1.48. The number of nitrogens with zero attached hydrogens (tertiary/aromatic N) is 2. The summed E-state index contributed by atoms with van der Waals surface area (Å²) in [6.07, 6.45) is 0. The first-order chi connectivity index (χ1) is 8.79. The molecule has 5 heteroatoms. The molecule has 0 aliphatic carbocycles. The number of nitrogens with one attached hydrogen (secondary N) is 1. The number of benzene rings is 1. The van der Waals surface area contributed by atoms with E-state index in [1.165, 1.54) is 0 Å². The van der Waals surface area contributed by atoms with Gasteiger partial charge in [-0.2, -0.15) is 4.98 Å². The van der Waals surface area contributed by atoms with Gasteiger partial charge in [0.2, 0.25) is 0 Å². The number of oxazole rings is 1. The van der Waals surface area contributed by atoms with Crippen molar-refractivity contribution >= 4 is 28.7 Å². The largest absolute Gasteiger partial charge is 0.423 e. The summed E-state index contributed by atoms with van der Waals surface area (Å²) in [4.78, 5) is 6.79. The first-order valence-corrected chi connectivity index (χ1v) is 6.69. The average molecular weight is 264 g/mol. The Kier molecular flexibility index (Phi) is 2.29. The second-order valence-electron chi connectivity index (χ2n) is 5.19. The van der Waals surface area contributed by atoms with E-state index in [1.807, 2.05) is 18.2 Å². The van der Waals surface area contributed by atoms with Gasteiger partial charge < -0.3 is 14.6 Å². The predicted octanol–water partition coefficient (Wildman–Crippen LogP) is 2.14. The van der Waals surface area contributed by atoms with E-state index >= 15 is 0 Å². The predicted molar refractivity (Wildman–Crippen MR) is 71.1 cm³/mol. The fourth-order valence-electron chi connectivity index (χ4n) is 3.04. The van der Waals surface area contributed by atoms with Gasteiger partial charge in [0.05, 0.1) is 0 Å². The van der Waals surface area contributed by atoms with Crippen LogP contribution in [0.5, 0.6) is 0 Å². The van der Waals surface area contributed by atoms with E-state index in [0.29, 0.717) is 5.02 Å². The summed E-state index contributed by atoms with van der Waals surface area (Å²) >= 11 is 5.96. The van der Waals surface area contributed by atoms with Crippen LogP contribution in [-0.4, -0.2) is 31.2 Å². The second kappa shape index (κ2) is 3.87. The van der Waals surface area contributed by atoms with Crippen molar-refractivity contribution in [3.05, 3.63) is 23.2 Å². The maximum Gasteiger partial charge on any atom is 0.298 e.